The number of aliphatic hydroxyl groups is 1. The van der Waals surface area contributed by atoms with Crippen LogP contribution in [-0.2, 0) is 11.2 Å². The van der Waals surface area contributed by atoms with E-state index in [-0.39, 0.29) is 24.6 Å². The number of rotatable bonds is 5. The highest BCUT2D eigenvalue weighted by atomic mass is 16.3. The van der Waals surface area contributed by atoms with E-state index in [1.165, 1.54) is 0 Å². The molecule has 1 aromatic carbocycles. The van der Waals surface area contributed by atoms with Crippen LogP contribution in [-0.4, -0.2) is 46.1 Å². The normalized spacial score (nSPS) is 10.8. The minimum absolute atomic E-state index is 0.0707. The molecule has 0 saturated heterocycles. The summed E-state index contributed by atoms with van der Waals surface area (Å²) in [6.45, 7) is 0.457. The van der Waals surface area contributed by atoms with Crippen LogP contribution in [0, 0.1) is 0 Å². The Labute approximate surface area is 110 Å². The Morgan fingerprint density at radius 3 is 2.79 bits per heavy atom. The number of nitrogens with one attached hydrogen (secondary N) is 2. The zero-order chi connectivity index (χ0) is 13.8. The van der Waals surface area contributed by atoms with Crippen LogP contribution >= 0.6 is 0 Å². The summed E-state index contributed by atoms with van der Waals surface area (Å²) < 4.78 is 0. The Bertz CT molecular complexity index is 629. The minimum atomic E-state index is -0.220. The fourth-order valence-electron chi connectivity index (χ4n) is 1.94. The monoisotopic (exact) mass is 263 g/mol. The molecule has 0 bridgehead atoms. The molecule has 6 heteroatoms. The second-order valence-corrected chi connectivity index (χ2v) is 4.50. The first-order valence-electron chi connectivity index (χ1n) is 6.16. The van der Waals surface area contributed by atoms with Crippen LogP contribution in [0.2, 0.25) is 0 Å². The predicted molar refractivity (Wildman–Crippen MR) is 72.0 cm³/mol. The molecule has 0 saturated carbocycles. The average Bonchev–Trinajstić information content (AvgIpc) is 2.75. The van der Waals surface area contributed by atoms with Gasteiger partial charge in [0.2, 0.25) is 5.91 Å². The molecule has 3 N–H and O–H groups in total. The lowest BCUT2D eigenvalue weighted by atomic mass is 10.1. The van der Waals surface area contributed by atoms with Crippen molar-refractivity contribution in [2.24, 2.45) is 0 Å². The van der Waals surface area contributed by atoms with Crippen molar-refractivity contribution in [3.8, 4) is 0 Å². The molecule has 0 atom stereocenters. The second kappa shape index (κ2) is 5.71. The molecule has 1 aromatic heterocycles. The zero-order valence-electron chi connectivity index (χ0n) is 10.8. The second-order valence-electron chi connectivity index (χ2n) is 4.50. The molecular formula is C13H17N3O3. The van der Waals surface area contributed by atoms with Crippen molar-refractivity contribution in [2.75, 3.05) is 20.2 Å². The van der Waals surface area contributed by atoms with Crippen LogP contribution < -0.4 is 5.69 Å². The standard InChI is InChI=1S/C13H17N3O3/c1-16(12(18)5-7-17)6-4-9-2-3-10-11(8-9)15-13(19)14-10/h2-3,8,17H,4-7H2,1H3,(H2,14,15,19). The number of fused-ring (bicyclic) bond motifs is 1. The number of aromatic nitrogens is 2. The maximum absolute atomic E-state index is 11.5. The van der Waals surface area contributed by atoms with E-state index in [1.807, 2.05) is 18.2 Å². The molecule has 19 heavy (non-hydrogen) atoms. The summed E-state index contributed by atoms with van der Waals surface area (Å²) in [7, 11) is 1.72. The summed E-state index contributed by atoms with van der Waals surface area (Å²) in [4.78, 5) is 29.6. The van der Waals surface area contributed by atoms with Crippen molar-refractivity contribution in [1.82, 2.24) is 14.9 Å². The highest BCUT2D eigenvalue weighted by Gasteiger charge is 2.08. The summed E-state index contributed by atoms with van der Waals surface area (Å²) in [5.74, 6) is -0.0707. The van der Waals surface area contributed by atoms with Crippen molar-refractivity contribution < 1.29 is 9.90 Å². The van der Waals surface area contributed by atoms with Crippen LogP contribution in [0.15, 0.2) is 23.0 Å². The number of imidazole rings is 1. The fourth-order valence-corrected chi connectivity index (χ4v) is 1.94. The molecular weight excluding hydrogens is 246 g/mol. The van der Waals surface area contributed by atoms with E-state index in [0.717, 1.165) is 16.6 Å². The molecule has 2 aromatic rings. The van der Waals surface area contributed by atoms with Gasteiger partial charge in [-0.05, 0) is 24.1 Å². The van der Waals surface area contributed by atoms with E-state index >= 15 is 0 Å². The van der Waals surface area contributed by atoms with Crippen LogP contribution in [0.5, 0.6) is 0 Å². The number of carbonyl (C=O) groups excluding carboxylic acids is 1. The number of benzene rings is 1. The highest BCUT2D eigenvalue weighted by molar-refractivity contribution is 5.76. The van der Waals surface area contributed by atoms with Gasteiger partial charge in [-0.25, -0.2) is 4.79 Å². The van der Waals surface area contributed by atoms with Crippen molar-refractivity contribution in [3.05, 3.63) is 34.2 Å². The topological polar surface area (TPSA) is 89.2 Å². The lowest BCUT2D eigenvalue weighted by Crippen LogP contribution is -2.29. The summed E-state index contributed by atoms with van der Waals surface area (Å²) in [6, 6.07) is 5.67. The van der Waals surface area contributed by atoms with Gasteiger partial charge in [0.05, 0.1) is 17.6 Å². The molecule has 0 aliphatic carbocycles. The van der Waals surface area contributed by atoms with Gasteiger partial charge in [0.15, 0.2) is 0 Å². The largest absolute Gasteiger partial charge is 0.396 e. The van der Waals surface area contributed by atoms with Gasteiger partial charge in [-0.1, -0.05) is 6.07 Å². The van der Waals surface area contributed by atoms with Crippen molar-refractivity contribution >= 4 is 16.9 Å². The van der Waals surface area contributed by atoms with Gasteiger partial charge in [-0.2, -0.15) is 0 Å². The number of hydrogen-bond acceptors (Lipinski definition) is 3. The van der Waals surface area contributed by atoms with Crippen LogP contribution in [0.25, 0.3) is 11.0 Å². The van der Waals surface area contributed by atoms with Gasteiger partial charge in [0, 0.05) is 20.0 Å². The Balaban J connectivity index is 2.01. The van der Waals surface area contributed by atoms with Crippen molar-refractivity contribution in [2.45, 2.75) is 12.8 Å². The van der Waals surface area contributed by atoms with E-state index in [9.17, 15) is 9.59 Å². The number of aromatic amines is 2. The number of nitrogens with zero attached hydrogens (tertiary/aromatic N) is 1. The molecule has 102 valence electrons. The van der Waals surface area contributed by atoms with Gasteiger partial charge >= 0.3 is 5.69 Å². The summed E-state index contributed by atoms with van der Waals surface area (Å²) >= 11 is 0. The maximum atomic E-state index is 11.5. The van der Waals surface area contributed by atoms with Crippen LogP contribution in [0.4, 0.5) is 0 Å². The molecule has 6 nitrogen and oxygen atoms in total. The predicted octanol–water partition coefficient (Wildman–Crippen LogP) is 0.239. The molecule has 0 aliphatic heterocycles. The fraction of sp³-hybridized carbons (Fsp3) is 0.385. The summed E-state index contributed by atoms with van der Waals surface area (Å²) in [5.41, 5.74) is 2.37. The quantitative estimate of drug-likeness (QED) is 0.722. The molecule has 1 heterocycles. The van der Waals surface area contributed by atoms with Gasteiger partial charge in [-0.15, -0.1) is 0 Å². The van der Waals surface area contributed by atoms with Gasteiger partial charge in [0.25, 0.3) is 0 Å². The van der Waals surface area contributed by atoms with Gasteiger partial charge < -0.3 is 20.0 Å². The van der Waals surface area contributed by atoms with Gasteiger partial charge in [0.1, 0.15) is 0 Å². The highest BCUT2D eigenvalue weighted by Crippen LogP contribution is 2.11. The lowest BCUT2D eigenvalue weighted by molar-refractivity contribution is -0.130. The van der Waals surface area contributed by atoms with E-state index in [0.29, 0.717) is 13.0 Å². The zero-order valence-corrected chi connectivity index (χ0v) is 10.8. The minimum Gasteiger partial charge on any atom is -0.396 e. The van der Waals surface area contributed by atoms with Crippen molar-refractivity contribution in [1.29, 1.82) is 0 Å². The lowest BCUT2D eigenvalue weighted by Gasteiger charge is -2.16. The van der Waals surface area contributed by atoms with Crippen LogP contribution in [0.1, 0.15) is 12.0 Å². The summed E-state index contributed by atoms with van der Waals surface area (Å²) in [6.07, 6.45) is 0.859. The Kier molecular flexibility index (Phi) is 4.01. The molecule has 0 unspecified atom stereocenters. The number of amides is 1. The molecule has 1 amide bonds. The third-order valence-corrected chi connectivity index (χ3v) is 3.07. The Morgan fingerprint density at radius 1 is 1.32 bits per heavy atom. The number of hydrogen-bond donors (Lipinski definition) is 3. The first-order chi connectivity index (χ1) is 9.10. The Morgan fingerprint density at radius 2 is 2.05 bits per heavy atom. The number of carbonyl (C=O) groups is 1. The Hall–Kier alpha value is -2.08. The van der Waals surface area contributed by atoms with Crippen molar-refractivity contribution in [3.63, 3.8) is 0 Å². The first kappa shape index (κ1) is 13.4. The smallest absolute Gasteiger partial charge is 0.323 e. The molecule has 2 rings (SSSR count). The molecule has 0 fully saturated rings. The van der Waals surface area contributed by atoms with E-state index in [2.05, 4.69) is 9.97 Å². The third-order valence-electron chi connectivity index (χ3n) is 3.07. The molecule has 0 aliphatic rings. The number of aliphatic hydroxyl groups excluding tert-OH is 1. The van der Waals surface area contributed by atoms with Crippen LogP contribution in [0.3, 0.4) is 0 Å². The van der Waals surface area contributed by atoms with E-state index < -0.39 is 0 Å². The first-order valence-corrected chi connectivity index (χ1v) is 6.16. The maximum Gasteiger partial charge on any atom is 0.323 e. The molecule has 0 spiro atoms. The molecule has 0 radical (unpaired) electrons. The number of likely N-dealkylation sites (N-methyl/N-ethyl adjacent to an activating group) is 1. The van der Waals surface area contributed by atoms with E-state index in [4.69, 9.17) is 5.11 Å². The summed E-state index contributed by atoms with van der Waals surface area (Å²) in [5, 5.41) is 8.71. The van der Waals surface area contributed by atoms with E-state index in [1.54, 1.807) is 11.9 Å². The average molecular weight is 263 g/mol. The third kappa shape index (κ3) is 3.23. The van der Waals surface area contributed by atoms with Gasteiger partial charge in [-0.3, -0.25) is 4.79 Å². The SMILES string of the molecule is CN(CCc1ccc2[nH]c(=O)[nH]c2c1)C(=O)CCO. The number of H-pyrrole nitrogens is 2.